The zero-order chi connectivity index (χ0) is 37.4. The Bertz CT molecular complexity index is 1770. The third kappa shape index (κ3) is 11.9. The average molecular weight is 756 g/mol. The van der Waals surface area contributed by atoms with Crippen LogP contribution in [-0.4, -0.2) is 57.9 Å². The summed E-state index contributed by atoms with van der Waals surface area (Å²) in [4.78, 5) is 40.6. The van der Waals surface area contributed by atoms with Crippen LogP contribution < -0.4 is 39.9 Å². The quantitative estimate of drug-likeness (QED) is 0.144. The number of amidine groups is 1. The number of hydrogen-bond donors (Lipinski definition) is 1. The summed E-state index contributed by atoms with van der Waals surface area (Å²) >= 11 is 0. The molecular weight excluding hydrogens is 706 g/mol. The molecule has 0 saturated heterocycles. The topological polar surface area (TPSA) is 179 Å². The number of unbranched alkanes of at least 4 members (excludes halogenated alkanes) is 1. The third-order valence-corrected chi connectivity index (χ3v) is 11.7. The number of anilines is 1. The minimum Gasteiger partial charge on any atom is -0.744 e. The molecule has 0 aliphatic carbocycles. The van der Waals surface area contributed by atoms with Crippen LogP contribution in [0.4, 0.5) is 5.69 Å². The van der Waals surface area contributed by atoms with Crippen LogP contribution in [0.2, 0.25) is 0 Å². The van der Waals surface area contributed by atoms with Gasteiger partial charge in [0.15, 0.2) is 9.84 Å². The number of sulfone groups is 1. The van der Waals surface area contributed by atoms with Crippen molar-refractivity contribution in [3.05, 3.63) is 54.1 Å². The van der Waals surface area contributed by atoms with Crippen LogP contribution in [-0.2, 0) is 39.1 Å². The van der Waals surface area contributed by atoms with Gasteiger partial charge in [-0.3, -0.25) is 14.4 Å². The molecule has 1 aliphatic heterocycles. The van der Waals surface area contributed by atoms with Crippen molar-refractivity contribution in [2.45, 2.75) is 102 Å². The molecule has 2 amide bonds. The molecule has 0 fully saturated rings. The maximum absolute atomic E-state index is 14.0. The summed E-state index contributed by atoms with van der Waals surface area (Å²) in [6.45, 7) is 11.5. The number of benzene rings is 2. The number of carbonyl (C=O) groups is 3. The smallest absolute Gasteiger partial charge is 0.744 e. The molecule has 0 bridgehead atoms. The van der Waals surface area contributed by atoms with Crippen molar-refractivity contribution < 1.29 is 70.1 Å². The van der Waals surface area contributed by atoms with E-state index in [2.05, 4.69) is 24.3 Å². The Balaban J connectivity index is 0.00000901. The molecular formula is C36H50N3NaO9S2. The first-order chi connectivity index (χ1) is 23.3. The first-order valence-electron chi connectivity index (χ1n) is 17.1. The minimum absolute atomic E-state index is 0. The fraction of sp³-hybridized carbons (Fsp3) is 0.556. The molecule has 5 atom stereocenters. The van der Waals surface area contributed by atoms with Crippen LogP contribution in [0.1, 0.15) is 98.0 Å². The number of carbonyl (C=O) groups excluding carboxylic acids is 3. The van der Waals surface area contributed by atoms with Crippen LogP contribution in [0.5, 0.6) is 0 Å². The van der Waals surface area contributed by atoms with E-state index >= 15 is 0 Å². The molecule has 0 saturated carbocycles. The molecule has 2 aromatic rings. The second kappa shape index (κ2) is 18.9. The van der Waals surface area contributed by atoms with E-state index in [0.717, 1.165) is 42.5 Å². The van der Waals surface area contributed by atoms with Gasteiger partial charge in [-0.2, -0.15) is 10.1 Å². The average Bonchev–Trinajstić information content (AvgIpc) is 3.35. The van der Waals surface area contributed by atoms with Gasteiger partial charge >= 0.3 is 35.5 Å². The second-order valence-electron chi connectivity index (χ2n) is 13.6. The van der Waals surface area contributed by atoms with Gasteiger partial charge in [0.25, 0.3) is 5.91 Å². The van der Waals surface area contributed by atoms with Gasteiger partial charge in [0, 0.05) is 11.7 Å². The number of rotatable bonds is 17. The van der Waals surface area contributed by atoms with Crippen molar-refractivity contribution in [2.24, 2.45) is 28.3 Å². The number of hydrogen-bond acceptors (Lipinski definition) is 10. The number of nitrogens with one attached hydrogen (secondary N) is 1. The summed E-state index contributed by atoms with van der Waals surface area (Å²) in [5, 5.41) is 8.33. The zero-order valence-electron chi connectivity index (χ0n) is 31.0. The normalized spacial score (nSPS) is 17.8. The maximum Gasteiger partial charge on any atom is 1.00 e. The molecule has 15 heteroatoms. The van der Waals surface area contributed by atoms with Crippen LogP contribution in [0, 0.1) is 23.2 Å². The fourth-order valence-corrected chi connectivity index (χ4v) is 7.01. The van der Waals surface area contributed by atoms with Gasteiger partial charge < -0.3 is 14.6 Å². The summed E-state index contributed by atoms with van der Waals surface area (Å²) in [7, 11) is -8.05. The van der Waals surface area contributed by atoms with E-state index in [0.29, 0.717) is 18.5 Å². The Morgan fingerprint density at radius 3 is 2.12 bits per heavy atom. The van der Waals surface area contributed by atoms with Crippen molar-refractivity contribution >= 4 is 49.3 Å². The van der Waals surface area contributed by atoms with Gasteiger partial charge in [0.1, 0.15) is 16.0 Å². The molecule has 0 aromatic heterocycles. The molecule has 2 aromatic carbocycles. The van der Waals surface area contributed by atoms with Crippen molar-refractivity contribution in [1.82, 2.24) is 5.32 Å². The summed E-state index contributed by atoms with van der Waals surface area (Å²) in [5.74, 6) is -2.64. The third-order valence-electron chi connectivity index (χ3n) is 9.69. The summed E-state index contributed by atoms with van der Waals surface area (Å²) < 4.78 is 64.0. The first-order valence-corrected chi connectivity index (χ1v) is 20.4. The monoisotopic (exact) mass is 755 g/mol. The first kappa shape index (κ1) is 44.5. The number of ether oxygens (including phenoxy) is 1. The van der Waals surface area contributed by atoms with Crippen LogP contribution in [0.25, 0.3) is 0 Å². The number of nitrogens with zero attached hydrogens (tertiary/aromatic N) is 2. The molecule has 276 valence electrons. The Morgan fingerprint density at radius 1 is 1.02 bits per heavy atom. The van der Waals surface area contributed by atoms with Gasteiger partial charge in [-0.15, -0.1) is 0 Å². The minimum atomic E-state index is -4.61. The molecule has 51 heavy (non-hydrogen) atoms. The van der Waals surface area contributed by atoms with Gasteiger partial charge in [0.2, 0.25) is 5.91 Å². The number of amides is 2. The van der Waals surface area contributed by atoms with E-state index in [4.69, 9.17) is 4.74 Å². The van der Waals surface area contributed by atoms with E-state index in [1.165, 1.54) is 36.4 Å². The predicted octanol–water partition coefficient (Wildman–Crippen LogP) is 2.79. The number of hydrazone groups is 1. The fourth-order valence-electron chi connectivity index (χ4n) is 5.91. The van der Waals surface area contributed by atoms with Crippen molar-refractivity contribution in [1.29, 1.82) is 0 Å². The SMILES string of the molecule is CCCCC(CC)COC(=O)C(CC(C)c1ccc(S(=O)(=O)[O-])cc1)CC(C)(CC)C(=O)NC1=NN(c2ccc(S(C)(=O)=O)cc2)C(=O)C1C.[Na+]. The second-order valence-corrected chi connectivity index (χ2v) is 17.0. The largest absolute Gasteiger partial charge is 1.00 e. The van der Waals surface area contributed by atoms with E-state index in [1.54, 1.807) is 26.0 Å². The molecule has 0 spiro atoms. The molecule has 1 N–H and O–H groups in total. The Kier molecular flexibility index (Phi) is 16.5. The van der Waals surface area contributed by atoms with Crippen molar-refractivity contribution in [2.75, 3.05) is 17.9 Å². The maximum atomic E-state index is 14.0. The van der Waals surface area contributed by atoms with Gasteiger partial charge in [-0.1, -0.05) is 66.0 Å². The standard InChI is InChI=1S/C36H51N3O9S2.Na/c1-8-11-12-26(9-2)23-48-34(41)28(21-24(4)27-13-17-31(18-14-27)50(45,46)47)22-36(6,10-3)35(42)37-32-25(5)33(40)39(38-32)29-15-19-30(20-16-29)49(7,43)44;/h13-20,24-26,28H,8-12,21-23H2,1-7H3,(H,37,38,42)(H,45,46,47);/q;+1/p-1. The van der Waals surface area contributed by atoms with E-state index in [-0.39, 0.29) is 70.0 Å². The van der Waals surface area contributed by atoms with Crippen molar-refractivity contribution in [3.8, 4) is 0 Å². The van der Waals surface area contributed by atoms with E-state index in [1.807, 2.05) is 13.8 Å². The molecule has 1 heterocycles. The number of esters is 1. The van der Waals surface area contributed by atoms with Crippen LogP contribution >= 0.6 is 0 Å². The molecule has 1 aliphatic rings. The molecule has 5 unspecified atom stereocenters. The zero-order valence-corrected chi connectivity index (χ0v) is 34.6. The predicted molar refractivity (Wildman–Crippen MR) is 190 cm³/mol. The van der Waals surface area contributed by atoms with Crippen molar-refractivity contribution in [3.63, 3.8) is 0 Å². The Morgan fingerprint density at radius 2 is 1.61 bits per heavy atom. The van der Waals surface area contributed by atoms with Gasteiger partial charge in [0.05, 0.1) is 33.9 Å². The van der Waals surface area contributed by atoms with Gasteiger partial charge in [-0.05, 0) is 86.4 Å². The Labute approximate surface area is 325 Å². The molecule has 12 nitrogen and oxygen atoms in total. The molecule has 0 radical (unpaired) electrons. The summed E-state index contributed by atoms with van der Waals surface area (Å²) in [5.41, 5.74) is -0.00478. The van der Waals surface area contributed by atoms with E-state index < -0.39 is 55.0 Å². The summed E-state index contributed by atoms with van der Waals surface area (Å²) in [6, 6.07) is 11.3. The van der Waals surface area contributed by atoms with Crippen LogP contribution in [0.15, 0.2) is 63.4 Å². The van der Waals surface area contributed by atoms with E-state index in [9.17, 15) is 35.8 Å². The Hall–Kier alpha value is -2.62. The summed E-state index contributed by atoms with van der Waals surface area (Å²) in [6.07, 6.45) is 5.71. The van der Waals surface area contributed by atoms with Gasteiger partial charge in [-0.25, -0.2) is 16.8 Å². The van der Waals surface area contributed by atoms with Crippen LogP contribution in [0.3, 0.4) is 0 Å². The molecule has 3 rings (SSSR count).